The normalized spacial score (nSPS) is 14.4. The van der Waals surface area contributed by atoms with E-state index in [0.717, 1.165) is 25.7 Å². The lowest BCUT2D eigenvalue weighted by molar-refractivity contribution is 0.129. The van der Waals surface area contributed by atoms with E-state index in [1.54, 1.807) is 50.7 Å². The summed E-state index contributed by atoms with van der Waals surface area (Å²) in [6.07, 6.45) is 4.85. The summed E-state index contributed by atoms with van der Waals surface area (Å²) < 4.78 is 31.5. The summed E-state index contributed by atoms with van der Waals surface area (Å²) in [5.41, 5.74) is 0.832. The zero-order chi connectivity index (χ0) is 21.1. The van der Waals surface area contributed by atoms with E-state index in [1.165, 1.54) is 6.07 Å². The molecule has 0 radical (unpaired) electrons. The molecule has 2 aromatic carbocycles. The number of fused-ring (bicyclic) bond motifs is 1. The standard InChI is InChI=1S/C23H25FN2O4/c1-25-15-4-5-20(17(24)12-15)30-19-6-10-26-18-14-22(21(28-2)13-16(18)19)29-11-3-7-23(27)8-9-23/h4-6,10,12-14,25,27H,3,7-9,11H2,1-2H3. The van der Waals surface area contributed by atoms with E-state index in [-0.39, 0.29) is 5.75 Å². The highest BCUT2D eigenvalue weighted by Gasteiger charge is 2.39. The first-order valence-electron chi connectivity index (χ1n) is 9.98. The Morgan fingerprint density at radius 2 is 1.93 bits per heavy atom. The molecule has 0 atom stereocenters. The fourth-order valence-electron chi connectivity index (χ4n) is 3.32. The number of benzene rings is 2. The van der Waals surface area contributed by atoms with Crippen molar-refractivity contribution in [3.05, 3.63) is 48.4 Å². The number of ether oxygens (including phenoxy) is 3. The van der Waals surface area contributed by atoms with Gasteiger partial charge in [-0.15, -0.1) is 0 Å². The lowest BCUT2D eigenvalue weighted by Gasteiger charge is -2.15. The van der Waals surface area contributed by atoms with Crippen LogP contribution in [0.15, 0.2) is 42.6 Å². The van der Waals surface area contributed by atoms with Crippen molar-refractivity contribution < 1.29 is 23.7 Å². The minimum Gasteiger partial charge on any atom is -0.493 e. The largest absolute Gasteiger partial charge is 0.493 e. The molecule has 1 heterocycles. The number of nitrogens with one attached hydrogen (secondary N) is 1. The quantitative estimate of drug-likeness (QED) is 0.487. The third-order valence-electron chi connectivity index (χ3n) is 5.30. The second-order valence-corrected chi connectivity index (χ2v) is 7.50. The van der Waals surface area contributed by atoms with Gasteiger partial charge in [-0.3, -0.25) is 4.98 Å². The number of aromatic nitrogens is 1. The molecular formula is C23H25FN2O4. The topological polar surface area (TPSA) is 72.8 Å². The van der Waals surface area contributed by atoms with Gasteiger partial charge in [0, 0.05) is 36.5 Å². The van der Waals surface area contributed by atoms with Crippen molar-refractivity contribution in [2.45, 2.75) is 31.3 Å². The third kappa shape index (κ3) is 4.41. The molecule has 0 aliphatic heterocycles. The van der Waals surface area contributed by atoms with Gasteiger partial charge in [-0.2, -0.15) is 0 Å². The van der Waals surface area contributed by atoms with E-state index in [2.05, 4.69) is 10.3 Å². The smallest absolute Gasteiger partial charge is 0.167 e. The fraction of sp³-hybridized carbons (Fsp3) is 0.348. The number of nitrogens with zero attached hydrogens (tertiary/aromatic N) is 1. The van der Waals surface area contributed by atoms with Crippen LogP contribution in [0.25, 0.3) is 10.9 Å². The third-order valence-corrected chi connectivity index (χ3v) is 5.30. The summed E-state index contributed by atoms with van der Waals surface area (Å²) in [4.78, 5) is 4.39. The zero-order valence-corrected chi connectivity index (χ0v) is 17.1. The minimum atomic E-state index is -0.481. The maximum Gasteiger partial charge on any atom is 0.167 e. The van der Waals surface area contributed by atoms with Gasteiger partial charge in [-0.1, -0.05) is 0 Å². The van der Waals surface area contributed by atoms with Gasteiger partial charge in [-0.05, 0) is 49.9 Å². The van der Waals surface area contributed by atoms with Crippen molar-refractivity contribution in [3.63, 3.8) is 0 Å². The Bertz CT molecular complexity index is 1050. The van der Waals surface area contributed by atoms with Crippen LogP contribution in [0.1, 0.15) is 25.7 Å². The summed E-state index contributed by atoms with van der Waals surface area (Å²) in [5.74, 6) is 1.24. The minimum absolute atomic E-state index is 0.124. The SMILES string of the molecule is CNc1ccc(Oc2ccnc3cc(OCCCC4(O)CC4)c(OC)cc23)c(F)c1. The molecule has 7 heteroatoms. The van der Waals surface area contributed by atoms with Crippen molar-refractivity contribution >= 4 is 16.6 Å². The van der Waals surface area contributed by atoms with Gasteiger partial charge in [-0.25, -0.2) is 4.39 Å². The molecule has 0 amide bonds. The molecule has 1 aromatic heterocycles. The van der Waals surface area contributed by atoms with Gasteiger partial charge < -0.3 is 24.6 Å². The van der Waals surface area contributed by atoms with E-state index in [4.69, 9.17) is 14.2 Å². The highest BCUT2D eigenvalue weighted by molar-refractivity contribution is 5.88. The van der Waals surface area contributed by atoms with E-state index in [9.17, 15) is 9.50 Å². The number of hydrogen-bond acceptors (Lipinski definition) is 6. The number of pyridine rings is 1. The molecule has 2 N–H and O–H groups in total. The second kappa shape index (κ2) is 8.36. The van der Waals surface area contributed by atoms with E-state index < -0.39 is 11.4 Å². The average molecular weight is 412 g/mol. The van der Waals surface area contributed by atoms with Crippen LogP contribution in [0.3, 0.4) is 0 Å². The first-order valence-corrected chi connectivity index (χ1v) is 9.98. The molecule has 30 heavy (non-hydrogen) atoms. The zero-order valence-electron chi connectivity index (χ0n) is 17.1. The van der Waals surface area contributed by atoms with Gasteiger partial charge in [0.25, 0.3) is 0 Å². The molecule has 158 valence electrons. The van der Waals surface area contributed by atoms with Gasteiger partial charge >= 0.3 is 0 Å². The van der Waals surface area contributed by atoms with E-state index >= 15 is 0 Å². The van der Waals surface area contributed by atoms with Crippen LogP contribution in [0.5, 0.6) is 23.0 Å². The van der Waals surface area contributed by atoms with Crippen LogP contribution < -0.4 is 19.5 Å². The van der Waals surface area contributed by atoms with Crippen LogP contribution in [0, 0.1) is 5.82 Å². The first kappa shape index (κ1) is 20.2. The molecule has 0 bridgehead atoms. The maximum absolute atomic E-state index is 14.4. The van der Waals surface area contributed by atoms with Crippen LogP contribution in [0.4, 0.5) is 10.1 Å². The fourth-order valence-corrected chi connectivity index (χ4v) is 3.32. The average Bonchev–Trinajstić information content (AvgIpc) is 3.49. The molecule has 0 spiro atoms. The maximum atomic E-state index is 14.4. The van der Waals surface area contributed by atoms with Crippen molar-refractivity contribution in [1.29, 1.82) is 0 Å². The van der Waals surface area contributed by atoms with Crippen LogP contribution in [-0.2, 0) is 0 Å². The van der Waals surface area contributed by atoms with Crippen LogP contribution >= 0.6 is 0 Å². The summed E-state index contributed by atoms with van der Waals surface area (Å²) >= 11 is 0. The molecule has 0 saturated heterocycles. The number of aliphatic hydroxyl groups is 1. The Morgan fingerprint density at radius 3 is 2.63 bits per heavy atom. The first-order chi connectivity index (χ1) is 14.5. The Balaban J connectivity index is 1.56. The molecule has 4 rings (SSSR count). The Kier molecular flexibility index (Phi) is 5.63. The Morgan fingerprint density at radius 1 is 1.10 bits per heavy atom. The molecule has 1 fully saturated rings. The predicted molar refractivity (Wildman–Crippen MR) is 113 cm³/mol. The molecule has 0 unspecified atom stereocenters. The monoisotopic (exact) mass is 412 g/mol. The summed E-state index contributed by atoms with van der Waals surface area (Å²) in [7, 11) is 3.29. The molecular weight excluding hydrogens is 387 g/mol. The van der Waals surface area contributed by atoms with Crippen molar-refractivity contribution in [1.82, 2.24) is 4.98 Å². The number of anilines is 1. The summed E-state index contributed by atoms with van der Waals surface area (Å²) in [5, 5.41) is 13.5. The van der Waals surface area contributed by atoms with Gasteiger partial charge in [0.15, 0.2) is 23.1 Å². The van der Waals surface area contributed by atoms with Crippen LogP contribution in [0.2, 0.25) is 0 Å². The van der Waals surface area contributed by atoms with Crippen LogP contribution in [-0.4, -0.2) is 36.5 Å². The molecule has 3 aromatic rings. The lowest BCUT2D eigenvalue weighted by atomic mass is 10.1. The molecule has 1 aliphatic rings. The van der Waals surface area contributed by atoms with Crippen molar-refractivity contribution in [2.24, 2.45) is 0 Å². The number of methoxy groups -OCH3 is 1. The Hall–Kier alpha value is -3.06. The van der Waals surface area contributed by atoms with Crippen molar-refractivity contribution in [2.75, 3.05) is 26.1 Å². The van der Waals surface area contributed by atoms with Gasteiger partial charge in [0.1, 0.15) is 5.75 Å². The molecule has 1 saturated carbocycles. The van der Waals surface area contributed by atoms with Gasteiger partial charge in [0.2, 0.25) is 0 Å². The predicted octanol–water partition coefficient (Wildman–Crippen LogP) is 4.90. The van der Waals surface area contributed by atoms with E-state index in [0.29, 0.717) is 40.4 Å². The molecule has 1 aliphatic carbocycles. The van der Waals surface area contributed by atoms with Crippen molar-refractivity contribution in [3.8, 4) is 23.0 Å². The Labute approximate surface area is 174 Å². The summed E-state index contributed by atoms with van der Waals surface area (Å²) in [6, 6.07) is 9.95. The van der Waals surface area contributed by atoms with Gasteiger partial charge in [0.05, 0.1) is 24.8 Å². The lowest BCUT2D eigenvalue weighted by Crippen LogP contribution is -2.09. The number of halogens is 1. The highest BCUT2D eigenvalue weighted by Crippen LogP contribution is 2.40. The summed E-state index contributed by atoms with van der Waals surface area (Å²) in [6.45, 7) is 0.476. The highest BCUT2D eigenvalue weighted by atomic mass is 19.1. The number of hydrogen-bond donors (Lipinski definition) is 2. The second-order valence-electron chi connectivity index (χ2n) is 7.50. The number of rotatable bonds is 9. The van der Waals surface area contributed by atoms with E-state index in [1.807, 2.05) is 0 Å². The molecule has 6 nitrogen and oxygen atoms in total.